The van der Waals surface area contributed by atoms with Crippen LogP contribution in [0.5, 0.6) is 0 Å². The molecule has 0 bridgehead atoms. The molecule has 7 aromatic carbocycles. The van der Waals surface area contributed by atoms with Gasteiger partial charge in [0.25, 0.3) is 0 Å². The standard InChI is InChI=1S/C48H32N4O/c1-48(2)39-22-11-9-18-32(39)33-25-24-30(26-40(33)48)46-49-45(29-14-5-3-6-15-29)50-47(51-46)36-21-13-20-35-38-27-37-34-19-10-12-23-41(34)52(31-16-7-4-8-17-31)42(37)28-43(38)53-44(35)36/h3-28H,1-2H3. The normalized spacial score (nSPS) is 13.2. The highest BCUT2D eigenvalue weighted by Crippen LogP contribution is 2.49. The molecule has 0 radical (unpaired) electrons. The van der Waals surface area contributed by atoms with Crippen LogP contribution in [0.4, 0.5) is 0 Å². The molecule has 0 saturated carbocycles. The molecule has 1 aliphatic carbocycles. The summed E-state index contributed by atoms with van der Waals surface area (Å²) in [6.07, 6.45) is 0. The maximum Gasteiger partial charge on any atom is 0.167 e. The van der Waals surface area contributed by atoms with Crippen molar-refractivity contribution in [3.63, 3.8) is 0 Å². The van der Waals surface area contributed by atoms with Gasteiger partial charge in [-0.2, -0.15) is 0 Å². The van der Waals surface area contributed by atoms with Gasteiger partial charge in [-0.15, -0.1) is 0 Å². The van der Waals surface area contributed by atoms with Crippen LogP contribution < -0.4 is 0 Å². The Labute approximate surface area is 305 Å². The predicted octanol–water partition coefficient (Wildman–Crippen LogP) is 12.2. The summed E-state index contributed by atoms with van der Waals surface area (Å²) in [7, 11) is 0. The Kier molecular flexibility index (Phi) is 6.23. The van der Waals surface area contributed by atoms with Crippen molar-refractivity contribution in [2.75, 3.05) is 0 Å². The average Bonchev–Trinajstić information content (AvgIpc) is 3.82. The summed E-state index contributed by atoms with van der Waals surface area (Å²) >= 11 is 0. The molecule has 5 heteroatoms. The zero-order valence-corrected chi connectivity index (χ0v) is 29.2. The van der Waals surface area contributed by atoms with Crippen molar-refractivity contribution in [1.29, 1.82) is 0 Å². The maximum atomic E-state index is 6.83. The average molecular weight is 681 g/mol. The number of benzene rings is 7. The first kappa shape index (κ1) is 29.8. The molecule has 5 nitrogen and oxygen atoms in total. The van der Waals surface area contributed by atoms with Crippen molar-refractivity contribution in [2.45, 2.75) is 19.3 Å². The minimum atomic E-state index is -0.142. The molecule has 0 N–H and O–H groups in total. The Balaban J connectivity index is 1.13. The molecule has 0 spiro atoms. The Morgan fingerprint density at radius 2 is 1.11 bits per heavy atom. The highest BCUT2D eigenvalue weighted by atomic mass is 16.3. The van der Waals surface area contributed by atoms with Gasteiger partial charge in [0.05, 0.1) is 16.6 Å². The first-order valence-corrected chi connectivity index (χ1v) is 18.0. The van der Waals surface area contributed by atoms with E-state index in [0.29, 0.717) is 17.5 Å². The largest absolute Gasteiger partial charge is 0.455 e. The van der Waals surface area contributed by atoms with Crippen LogP contribution in [0.2, 0.25) is 0 Å². The van der Waals surface area contributed by atoms with Gasteiger partial charge in [0.15, 0.2) is 17.5 Å². The molecule has 1 aliphatic rings. The molecule has 0 unspecified atom stereocenters. The quantitative estimate of drug-likeness (QED) is 0.186. The number of hydrogen-bond acceptors (Lipinski definition) is 4. The number of nitrogens with zero attached hydrogens (tertiary/aromatic N) is 4. The minimum absolute atomic E-state index is 0.142. The van der Waals surface area contributed by atoms with Gasteiger partial charge in [0.2, 0.25) is 0 Å². The molecule has 250 valence electrons. The van der Waals surface area contributed by atoms with Crippen LogP contribution in [-0.4, -0.2) is 19.5 Å². The van der Waals surface area contributed by atoms with E-state index in [0.717, 1.165) is 55.3 Å². The van der Waals surface area contributed by atoms with Crippen LogP contribution in [0.15, 0.2) is 162 Å². The first-order chi connectivity index (χ1) is 26.0. The lowest BCUT2D eigenvalue weighted by Crippen LogP contribution is -2.15. The fraction of sp³-hybridized carbons (Fsp3) is 0.0625. The lowest BCUT2D eigenvalue weighted by molar-refractivity contribution is 0.660. The van der Waals surface area contributed by atoms with E-state index in [-0.39, 0.29) is 5.41 Å². The van der Waals surface area contributed by atoms with Crippen LogP contribution in [0.25, 0.3) is 94.7 Å². The van der Waals surface area contributed by atoms with E-state index >= 15 is 0 Å². The zero-order valence-electron chi connectivity index (χ0n) is 29.2. The van der Waals surface area contributed by atoms with E-state index in [4.69, 9.17) is 19.4 Å². The van der Waals surface area contributed by atoms with Gasteiger partial charge in [-0.1, -0.05) is 129 Å². The predicted molar refractivity (Wildman–Crippen MR) is 215 cm³/mol. The molecule has 10 aromatic rings. The highest BCUT2D eigenvalue weighted by molar-refractivity contribution is 6.18. The Morgan fingerprint density at radius 1 is 0.453 bits per heavy atom. The highest BCUT2D eigenvalue weighted by Gasteiger charge is 2.35. The summed E-state index contributed by atoms with van der Waals surface area (Å²) in [6.45, 7) is 4.59. The number of furan rings is 1. The van der Waals surface area contributed by atoms with Gasteiger partial charge >= 0.3 is 0 Å². The SMILES string of the molecule is CC1(C)c2ccccc2-c2ccc(-c3nc(-c4ccccc4)nc(-c4cccc5c4oc4cc6c(cc45)c4ccccc4n6-c4ccccc4)n3)cc21. The fourth-order valence-corrected chi connectivity index (χ4v) is 8.48. The third-order valence-electron chi connectivity index (χ3n) is 11.1. The summed E-state index contributed by atoms with van der Waals surface area (Å²) in [6, 6.07) is 55.3. The smallest absolute Gasteiger partial charge is 0.167 e. The summed E-state index contributed by atoms with van der Waals surface area (Å²) in [5.74, 6) is 1.83. The zero-order chi connectivity index (χ0) is 35.3. The molecule has 0 atom stereocenters. The second kappa shape index (κ2) is 11.1. The van der Waals surface area contributed by atoms with Gasteiger partial charge < -0.3 is 8.98 Å². The molecule has 0 aliphatic heterocycles. The van der Waals surface area contributed by atoms with E-state index in [1.54, 1.807) is 0 Å². The first-order valence-electron chi connectivity index (χ1n) is 18.0. The van der Waals surface area contributed by atoms with Crippen molar-refractivity contribution in [1.82, 2.24) is 19.5 Å². The van der Waals surface area contributed by atoms with E-state index in [9.17, 15) is 0 Å². The molecular formula is C48H32N4O. The van der Waals surface area contributed by atoms with E-state index in [2.05, 4.69) is 146 Å². The minimum Gasteiger partial charge on any atom is -0.455 e. The van der Waals surface area contributed by atoms with Crippen molar-refractivity contribution in [3.8, 4) is 51.0 Å². The lowest BCUT2D eigenvalue weighted by atomic mass is 9.82. The van der Waals surface area contributed by atoms with Gasteiger partial charge in [-0.05, 0) is 58.7 Å². The second-order valence-electron chi connectivity index (χ2n) is 14.4. The monoisotopic (exact) mass is 680 g/mol. The molecular weight excluding hydrogens is 649 g/mol. The third kappa shape index (κ3) is 4.40. The van der Waals surface area contributed by atoms with Gasteiger partial charge in [0.1, 0.15) is 11.2 Å². The number of hydrogen-bond donors (Lipinski definition) is 0. The van der Waals surface area contributed by atoms with Crippen molar-refractivity contribution >= 4 is 43.7 Å². The molecule has 0 saturated heterocycles. The number of fused-ring (bicyclic) bond motifs is 9. The number of aromatic nitrogens is 4. The molecule has 0 fully saturated rings. The summed E-state index contributed by atoms with van der Waals surface area (Å²) in [4.78, 5) is 15.4. The van der Waals surface area contributed by atoms with Crippen LogP contribution in [0.3, 0.4) is 0 Å². The fourth-order valence-electron chi connectivity index (χ4n) is 8.48. The summed E-state index contributed by atoms with van der Waals surface area (Å²) < 4.78 is 9.15. The van der Waals surface area contributed by atoms with Crippen LogP contribution >= 0.6 is 0 Å². The molecule has 3 aromatic heterocycles. The molecule has 53 heavy (non-hydrogen) atoms. The Bertz CT molecular complexity index is 3080. The van der Waals surface area contributed by atoms with Crippen molar-refractivity contribution in [2.24, 2.45) is 0 Å². The van der Waals surface area contributed by atoms with E-state index in [1.165, 1.54) is 33.0 Å². The van der Waals surface area contributed by atoms with E-state index < -0.39 is 0 Å². The number of para-hydroxylation sites is 3. The lowest BCUT2D eigenvalue weighted by Gasteiger charge is -2.21. The van der Waals surface area contributed by atoms with Crippen LogP contribution in [-0.2, 0) is 5.41 Å². The van der Waals surface area contributed by atoms with Crippen LogP contribution in [0, 0.1) is 0 Å². The summed E-state index contributed by atoms with van der Waals surface area (Å²) in [5, 5.41) is 4.47. The second-order valence-corrected chi connectivity index (χ2v) is 14.4. The molecule has 0 amide bonds. The molecule has 3 heterocycles. The van der Waals surface area contributed by atoms with Crippen molar-refractivity contribution < 1.29 is 4.42 Å². The number of rotatable bonds is 4. The topological polar surface area (TPSA) is 56.7 Å². The van der Waals surface area contributed by atoms with E-state index in [1.807, 2.05) is 30.3 Å². The third-order valence-corrected chi connectivity index (χ3v) is 11.1. The molecule has 11 rings (SSSR count). The van der Waals surface area contributed by atoms with Gasteiger partial charge in [-0.3, -0.25) is 0 Å². The van der Waals surface area contributed by atoms with Crippen molar-refractivity contribution in [3.05, 3.63) is 169 Å². The maximum absolute atomic E-state index is 6.83. The van der Waals surface area contributed by atoms with Gasteiger partial charge in [-0.25, -0.2) is 15.0 Å². The Hall–Kier alpha value is -6.85. The summed E-state index contributed by atoms with van der Waals surface area (Å²) in [5.41, 5.74) is 12.7. The van der Waals surface area contributed by atoms with Gasteiger partial charge in [0, 0.05) is 49.8 Å². The van der Waals surface area contributed by atoms with Crippen LogP contribution in [0.1, 0.15) is 25.0 Å². The Morgan fingerprint density at radius 3 is 1.96 bits per heavy atom.